The third-order valence-electron chi connectivity index (χ3n) is 12.9. The number of hydrogen-bond acceptors (Lipinski definition) is 2. The van der Waals surface area contributed by atoms with Crippen molar-refractivity contribution in [2.75, 3.05) is 0 Å². The van der Waals surface area contributed by atoms with E-state index >= 15 is 0 Å². The summed E-state index contributed by atoms with van der Waals surface area (Å²) in [5.41, 5.74) is 4.86. The molecule has 5 rings (SSSR count). The van der Waals surface area contributed by atoms with Gasteiger partial charge in [0.05, 0.1) is 12.2 Å². The van der Waals surface area contributed by atoms with Crippen LogP contribution in [-0.4, -0.2) is 16.3 Å². The van der Waals surface area contributed by atoms with Crippen LogP contribution in [0.4, 0.5) is 4.39 Å². The number of aliphatic hydroxyl groups is 2. The van der Waals surface area contributed by atoms with Crippen LogP contribution in [0, 0.1) is 45.2 Å². The Hall–Kier alpha value is -1.19. The van der Waals surface area contributed by atoms with Crippen LogP contribution >= 0.6 is 0 Å². The molecule has 4 aliphatic rings. The molecule has 2 saturated carbocycles. The minimum absolute atomic E-state index is 0.00680. The van der Waals surface area contributed by atoms with E-state index in [1.165, 1.54) is 44.6 Å². The zero-order chi connectivity index (χ0) is 26.8. The summed E-state index contributed by atoms with van der Waals surface area (Å²) in [7, 11) is 0. The van der Waals surface area contributed by atoms with Gasteiger partial charge in [0.1, 0.15) is 5.82 Å². The van der Waals surface area contributed by atoms with E-state index in [-0.39, 0.29) is 28.2 Å². The molecule has 206 valence electrons. The summed E-state index contributed by atoms with van der Waals surface area (Å²) in [6, 6.07) is 6.64. The molecule has 0 bridgehead atoms. The maximum atomic E-state index is 14.1. The summed E-state index contributed by atoms with van der Waals surface area (Å²) >= 11 is 0. The first-order valence-corrected chi connectivity index (χ1v) is 15.2. The molecule has 2 nitrogen and oxygen atoms in total. The number of fused-ring (bicyclic) bond motifs is 4. The van der Waals surface area contributed by atoms with E-state index in [0.717, 1.165) is 25.7 Å². The average molecular weight is 511 g/mol. The van der Waals surface area contributed by atoms with Crippen LogP contribution in [0.15, 0.2) is 35.4 Å². The van der Waals surface area contributed by atoms with Gasteiger partial charge in [0, 0.05) is 5.56 Å². The Bertz CT molecular complexity index is 1040. The zero-order valence-electron chi connectivity index (χ0n) is 24.2. The lowest BCUT2D eigenvalue weighted by atomic mass is 9.43. The fraction of sp³-hybridized carbons (Fsp3) is 0.765. The summed E-state index contributed by atoms with van der Waals surface area (Å²) in [5.74, 6) is 1.59. The van der Waals surface area contributed by atoms with Crippen LogP contribution in [0.2, 0.25) is 0 Å². The van der Waals surface area contributed by atoms with Gasteiger partial charge < -0.3 is 10.2 Å². The van der Waals surface area contributed by atoms with Crippen molar-refractivity contribution >= 4 is 0 Å². The highest BCUT2D eigenvalue weighted by Crippen LogP contribution is 2.72. The first-order chi connectivity index (χ1) is 17.4. The molecular formula is C34H51FO2. The van der Waals surface area contributed by atoms with Crippen LogP contribution in [0.3, 0.4) is 0 Å². The van der Waals surface area contributed by atoms with E-state index < -0.39 is 6.10 Å². The molecule has 0 spiro atoms. The summed E-state index contributed by atoms with van der Waals surface area (Å²) in [4.78, 5) is 0. The normalized spacial score (nSPS) is 40.5. The standard InChI is InChI=1S/C34H51FO2/c1-22(10-9-13-28(36)23-11-7-8-12-27(23)35)24-16-20-34(6)26-14-15-29-31(2,3)30(37)18-19-32(29,4)25(26)17-21-33(24,34)5/h7-8,11-12,22,24,28-30,36-37H,9-10,13-21H2,1-6H3/t22-,24-,28?,29+,30+,32-,33-,34+/m1/s1. The minimum atomic E-state index is -0.714. The molecule has 2 N–H and O–H groups in total. The highest BCUT2D eigenvalue weighted by atomic mass is 19.1. The second-order valence-electron chi connectivity index (χ2n) is 14.7. The van der Waals surface area contributed by atoms with Crippen LogP contribution in [-0.2, 0) is 0 Å². The summed E-state index contributed by atoms with van der Waals surface area (Å²) in [5, 5.41) is 21.5. The topological polar surface area (TPSA) is 40.5 Å². The molecule has 37 heavy (non-hydrogen) atoms. The van der Waals surface area contributed by atoms with E-state index in [4.69, 9.17) is 0 Å². The first kappa shape index (κ1) is 27.4. The van der Waals surface area contributed by atoms with Crippen molar-refractivity contribution in [3.05, 3.63) is 46.8 Å². The maximum Gasteiger partial charge on any atom is 0.128 e. The van der Waals surface area contributed by atoms with Gasteiger partial charge in [0.2, 0.25) is 0 Å². The molecule has 0 radical (unpaired) electrons. The molecule has 0 amide bonds. The monoisotopic (exact) mass is 510 g/mol. The molecule has 1 aromatic rings. The van der Waals surface area contributed by atoms with Crippen molar-refractivity contribution in [2.24, 2.45) is 39.4 Å². The minimum Gasteiger partial charge on any atom is -0.393 e. The molecule has 1 unspecified atom stereocenters. The number of aliphatic hydroxyl groups excluding tert-OH is 2. The average Bonchev–Trinajstić information content (AvgIpc) is 3.13. The Labute approximate surface area is 225 Å². The Morgan fingerprint density at radius 3 is 2.38 bits per heavy atom. The Kier molecular flexibility index (Phi) is 7.01. The second-order valence-corrected chi connectivity index (χ2v) is 14.7. The molecular weight excluding hydrogens is 459 g/mol. The fourth-order valence-electron chi connectivity index (χ4n) is 10.4. The van der Waals surface area contributed by atoms with Crippen molar-refractivity contribution < 1.29 is 14.6 Å². The number of rotatable bonds is 6. The highest BCUT2D eigenvalue weighted by Gasteiger charge is 2.63. The van der Waals surface area contributed by atoms with E-state index in [2.05, 4.69) is 41.5 Å². The van der Waals surface area contributed by atoms with Crippen molar-refractivity contribution in [1.82, 2.24) is 0 Å². The van der Waals surface area contributed by atoms with Crippen LogP contribution in [0.5, 0.6) is 0 Å². The van der Waals surface area contributed by atoms with Gasteiger partial charge in [-0.2, -0.15) is 0 Å². The third kappa shape index (κ3) is 4.08. The summed E-state index contributed by atoms with van der Waals surface area (Å²) in [6.45, 7) is 14.8. The molecule has 0 saturated heterocycles. The van der Waals surface area contributed by atoms with Gasteiger partial charge in [-0.25, -0.2) is 4.39 Å². The van der Waals surface area contributed by atoms with Gasteiger partial charge in [-0.1, -0.05) is 83.7 Å². The van der Waals surface area contributed by atoms with Crippen LogP contribution in [0.25, 0.3) is 0 Å². The van der Waals surface area contributed by atoms with E-state index in [1.807, 2.05) is 0 Å². The molecule has 1 aromatic carbocycles. The second kappa shape index (κ2) is 9.47. The third-order valence-corrected chi connectivity index (χ3v) is 12.9. The van der Waals surface area contributed by atoms with Crippen molar-refractivity contribution in [2.45, 2.75) is 124 Å². The van der Waals surface area contributed by atoms with Gasteiger partial charge in [-0.15, -0.1) is 0 Å². The number of allylic oxidation sites excluding steroid dienone is 2. The van der Waals surface area contributed by atoms with Crippen molar-refractivity contribution in [3.63, 3.8) is 0 Å². The summed E-state index contributed by atoms with van der Waals surface area (Å²) in [6.07, 6.45) is 11.4. The lowest BCUT2D eigenvalue weighted by molar-refractivity contribution is -0.0962. The predicted molar refractivity (Wildman–Crippen MR) is 149 cm³/mol. The van der Waals surface area contributed by atoms with Crippen molar-refractivity contribution in [3.8, 4) is 0 Å². The molecule has 0 aromatic heterocycles. The lowest BCUT2D eigenvalue weighted by Gasteiger charge is -2.62. The number of hydrogen-bond donors (Lipinski definition) is 2. The molecule has 0 aliphatic heterocycles. The smallest absolute Gasteiger partial charge is 0.128 e. The predicted octanol–water partition coefficient (Wildman–Crippen LogP) is 8.78. The van der Waals surface area contributed by atoms with Crippen LogP contribution < -0.4 is 0 Å². The largest absolute Gasteiger partial charge is 0.393 e. The lowest BCUT2D eigenvalue weighted by Crippen LogP contribution is -2.55. The van der Waals surface area contributed by atoms with Gasteiger partial charge in [0.15, 0.2) is 0 Å². The van der Waals surface area contributed by atoms with E-state index in [9.17, 15) is 14.6 Å². The molecule has 8 atom stereocenters. The van der Waals surface area contributed by atoms with Gasteiger partial charge in [-0.05, 0) is 103 Å². The van der Waals surface area contributed by atoms with Gasteiger partial charge in [0.25, 0.3) is 0 Å². The Morgan fingerprint density at radius 1 is 0.919 bits per heavy atom. The summed E-state index contributed by atoms with van der Waals surface area (Å²) < 4.78 is 14.1. The zero-order valence-corrected chi connectivity index (χ0v) is 24.2. The Balaban J connectivity index is 1.31. The number of halogens is 1. The van der Waals surface area contributed by atoms with Gasteiger partial charge >= 0.3 is 0 Å². The maximum absolute atomic E-state index is 14.1. The molecule has 3 heteroatoms. The number of benzene rings is 1. The first-order valence-electron chi connectivity index (χ1n) is 15.2. The Morgan fingerprint density at radius 2 is 1.65 bits per heavy atom. The van der Waals surface area contributed by atoms with E-state index in [1.54, 1.807) is 29.3 Å². The SMILES string of the molecule is C[C@H](CCCC(O)c1ccccc1F)[C@H]1CC[C@@]2(C)C3=C(CC[C@]12C)[C@@]1(C)CC[C@H](O)C(C)(C)[C@@H]1CC3. The van der Waals surface area contributed by atoms with E-state index in [0.29, 0.717) is 35.2 Å². The highest BCUT2D eigenvalue weighted by molar-refractivity contribution is 5.38. The van der Waals surface area contributed by atoms with Gasteiger partial charge in [-0.3, -0.25) is 0 Å². The molecule has 0 heterocycles. The fourth-order valence-corrected chi connectivity index (χ4v) is 10.4. The quantitative estimate of drug-likeness (QED) is 0.375. The molecule has 4 aliphatic carbocycles. The van der Waals surface area contributed by atoms with Crippen molar-refractivity contribution in [1.29, 1.82) is 0 Å². The molecule has 2 fully saturated rings. The van der Waals surface area contributed by atoms with Crippen LogP contribution in [0.1, 0.15) is 124 Å².